The van der Waals surface area contributed by atoms with Gasteiger partial charge in [-0.3, -0.25) is 19.1 Å². The van der Waals surface area contributed by atoms with Crippen molar-refractivity contribution in [3.63, 3.8) is 0 Å². The number of pyridine rings is 1. The number of fused-ring (bicyclic) bond motifs is 2. The second-order valence-corrected chi connectivity index (χ2v) is 13.0. The quantitative estimate of drug-likeness (QED) is 0.0652. The zero-order chi connectivity index (χ0) is 32.7. The molecule has 4 atom stereocenters. The van der Waals surface area contributed by atoms with E-state index in [2.05, 4.69) is 20.4 Å². The summed E-state index contributed by atoms with van der Waals surface area (Å²) in [5.74, 6) is -3.80. The normalized spacial score (nSPS) is 19.6. The number of β-lactam (4-membered cyclic amide) rings is 1. The molecule has 0 aliphatic carbocycles. The van der Waals surface area contributed by atoms with E-state index in [0.29, 0.717) is 17.8 Å². The molecule has 0 saturated carbocycles. The monoisotopic (exact) mass is 679 g/mol. The molecule has 17 nitrogen and oxygen atoms in total. The predicted molar refractivity (Wildman–Crippen MR) is 164 cm³/mol. The number of aliphatic carboxylic acids is 2. The molecule has 0 bridgehead atoms. The molecule has 5 rings (SSSR count). The Kier molecular flexibility index (Phi) is 8.88. The average Bonchev–Trinajstić information content (AvgIpc) is 3.48. The van der Waals surface area contributed by atoms with Crippen LogP contribution in [0.4, 0.5) is 11.1 Å². The molecule has 1 saturated heterocycles. The summed E-state index contributed by atoms with van der Waals surface area (Å²) in [6, 6.07) is 2.29. The van der Waals surface area contributed by atoms with E-state index in [0.717, 1.165) is 21.8 Å². The van der Waals surface area contributed by atoms with Crippen molar-refractivity contribution in [3.8, 4) is 0 Å². The number of nitrogen functional groups attached to an aromatic ring is 2. The molecule has 0 aromatic carbocycles. The Morgan fingerprint density at radius 1 is 1.29 bits per heavy atom. The van der Waals surface area contributed by atoms with Gasteiger partial charge in [0.15, 0.2) is 10.8 Å². The Bertz CT molecular complexity index is 1790. The van der Waals surface area contributed by atoms with Gasteiger partial charge in [-0.25, -0.2) is 19.1 Å². The molecule has 1 fully saturated rings. The minimum absolute atomic E-state index is 0.0104. The van der Waals surface area contributed by atoms with Crippen molar-refractivity contribution >= 4 is 86.4 Å². The van der Waals surface area contributed by atoms with Crippen molar-refractivity contribution in [1.82, 2.24) is 24.8 Å². The molecule has 0 spiro atoms. The van der Waals surface area contributed by atoms with Crippen LogP contribution in [0.1, 0.15) is 19.5 Å². The van der Waals surface area contributed by atoms with E-state index >= 15 is 0 Å². The molecule has 238 valence electrons. The highest BCUT2D eigenvalue weighted by Gasteiger charge is 2.54. The van der Waals surface area contributed by atoms with Gasteiger partial charge >= 0.3 is 23.5 Å². The van der Waals surface area contributed by atoms with E-state index in [9.17, 15) is 24.3 Å². The number of halogens is 1. The van der Waals surface area contributed by atoms with E-state index < -0.39 is 47.0 Å². The molecule has 3 aromatic heterocycles. The third-order valence-electron chi connectivity index (χ3n) is 6.87. The lowest BCUT2D eigenvalue weighted by atomic mass is 10.0. The van der Waals surface area contributed by atoms with Crippen LogP contribution in [0.15, 0.2) is 34.8 Å². The van der Waals surface area contributed by atoms with Gasteiger partial charge < -0.3 is 37.6 Å². The lowest BCUT2D eigenvalue weighted by Crippen LogP contribution is -2.71. The van der Waals surface area contributed by atoms with E-state index in [1.165, 1.54) is 18.7 Å². The molecule has 2 aliphatic rings. The van der Waals surface area contributed by atoms with E-state index in [4.69, 9.17) is 38.7 Å². The summed E-state index contributed by atoms with van der Waals surface area (Å²) in [7, 11) is 0. The van der Waals surface area contributed by atoms with Crippen LogP contribution >= 0.6 is 34.7 Å². The van der Waals surface area contributed by atoms with Crippen LogP contribution in [0.5, 0.6) is 0 Å². The lowest BCUT2D eigenvalue weighted by molar-refractivity contribution is -0.664. The molecule has 5 heterocycles. The van der Waals surface area contributed by atoms with Gasteiger partial charge in [0.1, 0.15) is 39.2 Å². The van der Waals surface area contributed by atoms with Gasteiger partial charge in [0.2, 0.25) is 6.10 Å². The molecule has 0 radical (unpaired) electrons. The van der Waals surface area contributed by atoms with Crippen molar-refractivity contribution in [2.45, 2.75) is 50.5 Å². The van der Waals surface area contributed by atoms with Crippen LogP contribution in [0.2, 0.25) is 4.34 Å². The topological polar surface area (TPSA) is 258 Å². The van der Waals surface area contributed by atoms with Gasteiger partial charge in [0.25, 0.3) is 11.8 Å². The van der Waals surface area contributed by atoms with E-state index in [1.54, 1.807) is 21.4 Å². The van der Waals surface area contributed by atoms with Crippen LogP contribution in [0.25, 0.3) is 11.2 Å². The number of amides is 2. The first kappa shape index (κ1) is 31.9. The third-order valence-corrected chi connectivity index (χ3v) is 9.29. The number of oxime groups is 1. The number of nitrogens with two attached hydrogens (primary N) is 3. The number of carboxylic acid groups (broad SMARTS) is 2. The first-order chi connectivity index (χ1) is 21.3. The fraction of sp³-hybridized carbons (Fsp3) is 0.360. The summed E-state index contributed by atoms with van der Waals surface area (Å²) < 4.78 is 3.51. The molecule has 2 aliphatic heterocycles. The number of thiazole rings is 1. The molecule has 3 aromatic rings. The van der Waals surface area contributed by atoms with Crippen molar-refractivity contribution < 1.29 is 38.8 Å². The number of nitrogens with one attached hydrogen (secondary N) is 1. The average molecular weight is 680 g/mol. The highest BCUT2D eigenvalue weighted by Crippen LogP contribution is 2.40. The number of imidazole rings is 1. The van der Waals surface area contributed by atoms with Crippen LogP contribution in [-0.4, -0.2) is 88.4 Å². The number of anilines is 2. The lowest BCUT2D eigenvalue weighted by Gasteiger charge is -2.49. The SMILES string of the molecule is C[C@H](N)Cn1c(N)nc2c1ccc[n+]2CC1=C(C(=O)O)N2C(=O)C(NC(=O)C(=NO[C@@H](C)C(=O)O)c3nc(N)sc3Cl)C2SC1. The first-order valence-corrected chi connectivity index (χ1v) is 15.5. The molecule has 20 heteroatoms. The van der Waals surface area contributed by atoms with Crippen molar-refractivity contribution in [3.05, 3.63) is 39.6 Å². The second-order valence-electron chi connectivity index (χ2n) is 10.2. The Balaban J connectivity index is 1.40. The Labute approximate surface area is 267 Å². The predicted octanol–water partition coefficient (Wildman–Crippen LogP) is -0.422. The Morgan fingerprint density at radius 3 is 2.64 bits per heavy atom. The first-order valence-electron chi connectivity index (χ1n) is 13.3. The number of nitrogens with zero attached hydrogens (tertiary/aromatic N) is 6. The smallest absolute Gasteiger partial charge is 0.352 e. The van der Waals surface area contributed by atoms with Gasteiger partial charge in [-0.15, -0.1) is 11.8 Å². The van der Waals surface area contributed by atoms with Crippen LogP contribution in [-0.2, 0) is 37.1 Å². The fourth-order valence-electron chi connectivity index (χ4n) is 4.81. The number of carbonyl (C=O) groups is 4. The minimum atomic E-state index is -1.42. The number of rotatable bonds is 11. The Hall–Kier alpha value is -4.46. The molecule has 2 unspecified atom stereocenters. The van der Waals surface area contributed by atoms with Gasteiger partial charge in [-0.05, 0) is 31.0 Å². The van der Waals surface area contributed by atoms with Crippen LogP contribution in [0, 0.1) is 0 Å². The summed E-state index contributed by atoms with van der Waals surface area (Å²) in [6.45, 7) is 3.57. The van der Waals surface area contributed by atoms with Gasteiger partial charge in [-0.2, -0.15) is 0 Å². The van der Waals surface area contributed by atoms with E-state index in [1.807, 2.05) is 13.0 Å². The summed E-state index contributed by atoms with van der Waals surface area (Å²) in [5.41, 5.74) is 18.6. The van der Waals surface area contributed by atoms with E-state index in [-0.39, 0.29) is 45.1 Å². The van der Waals surface area contributed by atoms with Crippen LogP contribution < -0.4 is 27.1 Å². The number of aromatic nitrogens is 4. The minimum Gasteiger partial charge on any atom is -0.478 e. The second kappa shape index (κ2) is 12.5. The van der Waals surface area contributed by atoms with Gasteiger partial charge in [-0.1, -0.05) is 28.1 Å². The van der Waals surface area contributed by atoms with Crippen molar-refractivity contribution in [2.75, 3.05) is 17.2 Å². The number of hydrogen-bond donors (Lipinski definition) is 6. The number of carboxylic acids is 2. The third kappa shape index (κ3) is 6.10. The number of carbonyl (C=O) groups excluding carboxylic acids is 2. The molecule has 9 N–H and O–H groups in total. The van der Waals surface area contributed by atoms with Gasteiger partial charge in [0, 0.05) is 23.9 Å². The molecular formula is C25H28ClN10O7S2+. The zero-order valence-electron chi connectivity index (χ0n) is 23.7. The molecule has 45 heavy (non-hydrogen) atoms. The number of thioether (sulfide) groups is 1. The van der Waals surface area contributed by atoms with Gasteiger partial charge in [0.05, 0.1) is 6.20 Å². The number of hydrogen-bond acceptors (Lipinski definition) is 13. The molecular weight excluding hydrogens is 652 g/mol. The largest absolute Gasteiger partial charge is 0.478 e. The summed E-state index contributed by atoms with van der Waals surface area (Å²) in [6.07, 6.45) is 0.316. The Morgan fingerprint density at radius 2 is 2.02 bits per heavy atom. The standard InChI is InChI=1S/C25H27ClN10O7S2/c1-9(27)6-35-12-4-3-5-34(18(12)32-24(35)28)7-11-8-44-21-15(20(38)36(21)16(11)23(41)42)30-19(37)14(33-43-10(2)22(39)40)13-17(26)45-25(29)31-13/h3-5,9-10,15,21,28H,6-8,27H2,1-2H3,(H5,29,30,31,37,39,40,41,42)/p+1/t9-,10-,15?,21?/m0/s1. The zero-order valence-corrected chi connectivity index (χ0v) is 26.1. The van der Waals surface area contributed by atoms with Crippen LogP contribution in [0.3, 0.4) is 0 Å². The maximum absolute atomic E-state index is 13.3. The van der Waals surface area contributed by atoms with Crippen molar-refractivity contribution in [2.24, 2.45) is 10.9 Å². The summed E-state index contributed by atoms with van der Waals surface area (Å²) in [5, 5.41) is 24.7. The maximum Gasteiger partial charge on any atom is 0.352 e. The maximum atomic E-state index is 13.3. The summed E-state index contributed by atoms with van der Waals surface area (Å²) >= 11 is 8.27. The molecule has 2 amide bonds. The van der Waals surface area contributed by atoms with Crippen molar-refractivity contribution in [1.29, 1.82) is 0 Å². The highest BCUT2D eigenvalue weighted by molar-refractivity contribution is 8.00. The summed E-state index contributed by atoms with van der Waals surface area (Å²) in [4.78, 5) is 64.8. The fourth-order valence-corrected chi connectivity index (χ4v) is 7.08. The highest BCUT2D eigenvalue weighted by atomic mass is 35.5.